The van der Waals surface area contributed by atoms with Crippen LogP contribution in [0.25, 0.3) is 11.1 Å². The van der Waals surface area contributed by atoms with Crippen LogP contribution in [-0.2, 0) is 17.7 Å². The quantitative estimate of drug-likeness (QED) is 0.380. The minimum Gasteiger partial charge on any atom is -0.493 e. The van der Waals surface area contributed by atoms with Gasteiger partial charge in [0, 0.05) is 39.1 Å². The molecule has 0 spiro atoms. The summed E-state index contributed by atoms with van der Waals surface area (Å²) in [6.07, 6.45) is 2.13. The van der Waals surface area contributed by atoms with Crippen LogP contribution in [0.1, 0.15) is 17.5 Å². The second kappa shape index (κ2) is 10.1. The number of aliphatic imine (C=N–C) groups is 1. The average molecular weight is 493 g/mol. The van der Waals surface area contributed by atoms with Crippen LogP contribution in [-0.4, -0.2) is 39.4 Å². The van der Waals surface area contributed by atoms with Gasteiger partial charge in [0.1, 0.15) is 5.75 Å². The van der Waals surface area contributed by atoms with E-state index >= 15 is 0 Å². The Morgan fingerprint density at radius 1 is 1.07 bits per heavy atom. The number of hydrogen-bond acceptors (Lipinski definition) is 3. The molecule has 2 aromatic carbocycles. The van der Waals surface area contributed by atoms with Crippen LogP contribution in [0.15, 0.2) is 47.5 Å². The van der Waals surface area contributed by atoms with Gasteiger partial charge in [0.05, 0.1) is 13.2 Å². The maximum Gasteiger partial charge on any atom is 0.191 e. The zero-order chi connectivity index (χ0) is 18.5. The van der Waals surface area contributed by atoms with Gasteiger partial charge in [0.15, 0.2) is 5.96 Å². The number of rotatable bonds is 5. The molecule has 4 rings (SSSR count). The zero-order valence-electron chi connectivity index (χ0n) is 16.2. The van der Waals surface area contributed by atoms with Crippen molar-refractivity contribution in [3.8, 4) is 16.9 Å². The summed E-state index contributed by atoms with van der Waals surface area (Å²) >= 11 is 0. The van der Waals surface area contributed by atoms with Crippen LogP contribution >= 0.6 is 24.0 Å². The van der Waals surface area contributed by atoms with Crippen LogP contribution in [0.4, 0.5) is 0 Å². The second-order valence-electron chi connectivity index (χ2n) is 7.15. The molecule has 5 nitrogen and oxygen atoms in total. The topological polar surface area (TPSA) is 54.9 Å². The lowest BCUT2D eigenvalue weighted by molar-refractivity contribution is 0.186. The molecule has 2 heterocycles. The highest BCUT2D eigenvalue weighted by molar-refractivity contribution is 14.0. The van der Waals surface area contributed by atoms with Crippen molar-refractivity contribution in [1.29, 1.82) is 0 Å². The number of benzene rings is 2. The molecule has 6 heteroatoms. The summed E-state index contributed by atoms with van der Waals surface area (Å²) in [5, 5.41) is 6.77. The molecule has 0 radical (unpaired) electrons. The monoisotopic (exact) mass is 493 g/mol. The maximum atomic E-state index is 5.59. The standard InChI is InChI=1S/C22H27N3O2.HI/c1-23-22(25-14-17-8-10-26-15-17)24-13-16-2-4-18(5-3-16)19-6-7-21-20(12-19)9-11-27-21;/h2-7,12,17H,8-11,13-15H2,1H3,(H2,23,24,25);1H. The Hall–Kier alpha value is -1.80. The minimum absolute atomic E-state index is 0. The van der Waals surface area contributed by atoms with Crippen LogP contribution in [0, 0.1) is 5.92 Å². The predicted octanol–water partition coefficient (Wildman–Crippen LogP) is 3.61. The fourth-order valence-corrected chi connectivity index (χ4v) is 3.57. The summed E-state index contributed by atoms with van der Waals surface area (Å²) in [6.45, 7) is 4.18. The molecular formula is C22H28IN3O2. The van der Waals surface area contributed by atoms with E-state index in [-0.39, 0.29) is 24.0 Å². The first-order valence-corrected chi connectivity index (χ1v) is 9.69. The van der Waals surface area contributed by atoms with E-state index < -0.39 is 0 Å². The van der Waals surface area contributed by atoms with E-state index in [2.05, 4.69) is 58.1 Å². The highest BCUT2D eigenvalue weighted by atomic mass is 127. The van der Waals surface area contributed by atoms with Crippen molar-refractivity contribution >= 4 is 29.9 Å². The van der Waals surface area contributed by atoms with Crippen molar-refractivity contribution in [2.45, 2.75) is 19.4 Å². The van der Waals surface area contributed by atoms with Gasteiger partial charge in [-0.25, -0.2) is 0 Å². The molecular weight excluding hydrogens is 465 g/mol. The normalized spacial score (nSPS) is 18.2. The van der Waals surface area contributed by atoms with Crippen LogP contribution in [0.3, 0.4) is 0 Å². The third-order valence-corrected chi connectivity index (χ3v) is 5.24. The number of fused-ring (bicyclic) bond motifs is 1. The molecule has 0 saturated carbocycles. The molecule has 2 aromatic rings. The summed E-state index contributed by atoms with van der Waals surface area (Å²) < 4.78 is 11.0. The predicted molar refractivity (Wildman–Crippen MR) is 124 cm³/mol. The first-order valence-electron chi connectivity index (χ1n) is 9.69. The summed E-state index contributed by atoms with van der Waals surface area (Å²) in [7, 11) is 1.81. The highest BCUT2D eigenvalue weighted by Crippen LogP contribution is 2.30. The Labute approximate surface area is 183 Å². The van der Waals surface area contributed by atoms with E-state index in [0.717, 1.165) is 57.5 Å². The largest absolute Gasteiger partial charge is 0.493 e. The Bertz CT molecular complexity index is 802. The number of nitrogens with one attached hydrogen (secondary N) is 2. The molecule has 0 aromatic heterocycles. The van der Waals surface area contributed by atoms with Gasteiger partial charge in [-0.3, -0.25) is 4.99 Å². The molecule has 150 valence electrons. The van der Waals surface area contributed by atoms with Crippen molar-refractivity contribution in [1.82, 2.24) is 10.6 Å². The van der Waals surface area contributed by atoms with Crippen molar-refractivity contribution in [3.05, 3.63) is 53.6 Å². The summed E-state index contributed by atoms with van der Waals surface area (Å²) in [5.41, 5.74) is 5.02. The second-order valence-corrected chi connectivity index (χ2v) is 7.15. The van der Waals surface area contributed by atoms with E-state index in [0.29, 0.717) is 5.92 Å². The molecule has 1 saturated heterocycles. The molecule has 2 aliphatic rings. The first kappa shape index (κ1) is 20.9. The minimum atomic E-state index is 0. The first-order chi connectivity index (χ1) is 13.3. The van der Waals surface area contributed by atoms with E-state index in [1.54, 1.807) is 7.05 Å². The van der Waals surface area contributed by atoms with Crippen LogP contribution in [0.2, 0.25) is 0 Å². The third kappa shape index (κ3) is 5.17. The van der Waals surface area contributed by atoms with Gasteiger partial charge in [-0.05, 0) is 40.8 Å². The van der Waals surface area contributed by atoms with Gasteiger partial charge in [0.2, 0.25) is 0 Å². The zero-order valence-corrected chi connectivity index (χ0v) is 18.6. The SMILES string of the molecule is CN=C(NCc1ccc(-c2ccc3c(c2)CCO3)cc1)NCC1CCOC1.I. The van der Waals surface area contributed by atoms with Gasteiger partial charge >= 0.3 is 0 Å². The number of halogens is 1. The Morgan fingerprint density at radius 2 is 1.89 bits per heavy atom. The number of ether oxygens (including phenoxy) is 2. The molecule has 1 atom stereocenters. The summed E-state index contributed by atoms with van der Waals surface area (Å²) in [5.74, 6) is 2.45. The fourth-order valence-electron chi connectivity index (χ4n) is 3.57. The highest BCUT2D eigenvalue weighted by Gasteiger charge is 2.15. The molecule has 0 amide bonds. The molecule has 1 fully saturated rings. The molecule has 0 bridgehead atoms. The lowest BCUT2D eigenvalue weighted by atomic mass is 10.0. The van der Waals surface area contributed by atoms with Gasteiger partial charge in [-0.1, -0.05) is 30.3 Å². The number of hydrogen-bond donors (Lipinski definition) is 2. The number of nitrogens with zero attached hydrogens (tertiary/aromatic N) is 1. The Morgan fingerprint density at radius 3 is 2.64 bits per heavy atom. The fraction of sp³-hybridized carbons (Fsp3) is 0.409. The Kier molecular flexibility index (Phi) is 7.56. The van der Waals surface area contributed by atoms with E-state index in [1.165, 1.54) is 22.3 Å². The van der Waals surface area contributed by atoms with Crippen molar-refractivity contribution < 1.29 is 9.47 Å². The molecule has 28 heavy (non-hydrogen) atoms. The lowest BCUT2D eigenvalue weighted by Crippen LogP contribution is -2.39. The van der Waals surface area contributed by atoms with E-state index in [1.807, 2.05) is 0 Å². The van der Waals surface area contributed by atoms with Gasteiger partial charge in [0.25, 0.3) is 0 Å². The van der Waals surface area contributed by atoms with E-state index in [4.69, 9.17) is 9.47 Å². The summed E-state index contributed by atoms with van der Waals surface area (Å²) in [4.78, 5) is 4.30. The Balaban J connectivity index is 0.00000225. The molecule has 2 aliphatic heterocycles. The van der Waals surface area contributed by atoms with E-state index in [9.17, 15) is 0 Å². The van der Waals surface area contributed by atoms with Crippen molar-refractivity contribution in [3.63, 3.8) is 0 Å². The molecule has 1 unspecified atom stereocenters. The van der Waals surface area contributed by atoms with Crippen molar-refractivity contribution in [2.75, 3.05) is 33.4 Å². The van der Waals surface area contributed by atoms with Gasteiger partial charge in [-0.15, -0.1) is 24.0 Å². The van der Waals surface area contributed by atoms with Gasteiger partial charge in [-0.2, -0.15) is 0 Å². The van der Waals surface area contributed by atoms with Crippen LogP contribution < -0.4 is 15.4 Å². The molecule has 2 N–H and O–H groups in total. The van der Waals surface area contributed by atoms with Gasteiger partial charge < -0.3 is 20.1 Å². The van der Waals surface area contributed by atoms with Crippen molar-refractivity contribution in [2.24, 2.45) is 10.9 Å². The van der Waals surface area contributed by atoms with Crippen LogP contribution in [0.5, 0.6) is 5.75 Å². The maximum absolute atomic E-state index is 5.59. The smallest absolute Gasteiger partial charge is 0.191 e. The average Bonchev–Trinajstić information content (AvgIpc) is 3.39. The third-order valence-electron chi connectivity index (χ3n) is 5.24. The summed E-state index contributed by atoms with van der Waals surface area (Å²) in [6, 6.07) is 15.2. The lowest BCUT2D eigenvalue weighted by Gasteiger charge is -2.14. The molecule has 0 aliphatic carbocycles. The number of guanidine groups is 1.